The molecule has 0 aliphatic carbocycles. The molecule has 0 fully saturated rings. The zero-order valence-corrected chi connectivity index (χ0v) is 17.0. The summed E-state index contributed by atoms with van der Waals surface area (Å²) in [5.41, 5.74) is 3.00. The van der Waals surface area contributed by atoms with E-state index in [1.165, 1.54) is 35.7 Å². The molecule has 29 heavy (non-hydrogen) atoms. The molecule has 3 aromatic rings. The Kier molecular flexibility index (Phi) is 5.19. The number of hydrogen-bond acceptors (Lipinski definition) is 6. The first-order valence-corrected chi connectivity index (χ1v) is 10.2. The first-order chi connectivity index (χ1) is 14.0. The number of thioether (sulfide) groups is 1. The van der Waals surface area contributed by atoms with E-state index < -0.39 is 12.0 Å². The second-order valence-electron chi connectivity index (χ2n) is 6.56. The van der Waals surface area contributed by atoms with E-state index in [4.69, 9.17) is 4.74 Å². The van der Waals surface area contributed by atoms with Crippen molar-refractivity contribution in [2.24, 2.45) is 0 Å². The van der Waals surface area contributed by atoms with E-state index in [1.54, 1.807) is 6.07 Å². The molecule has 148 valence electrons. The maximum absolute atomic E-state index is 14.1. The fourth-order valence-corrected chi connectivity index (χ4v) is 3.84. The van der Waals surface area contributed by atoms with Gasteiger partial charge in [0.2, 0.25) is 23.2 Å². The average Bonchev–Trinajstić information content (AvgIpc) is 2.82. The minimum atomic E-state index is -0.768. The topological polar surface area (TPSA) is 68.2 Å². The summed E-state index contributed by atoms with van der Waals surface area (Å²) in [4.78, 5) is 18.7. The van der Waals surface area contributed by atoms with E-state index in [2.05, 4.69) is 15.2 Å². The molecular formula is C21H19FN4O2S. The van der Waals surface area contributed by atoms with Gasteiger partial charge in [-0.1, -0.05) is 43.0 Å². The number of hydrogen-bond donors (Lipinski definition) is 0. The highest BCUT2D eigenvalue weighted by atomic mass is 32.2. The second kappa shape index (κ2) is 7.79. The molecule has 4 rings (SSSR count). The largest absolute Gasteiger partial charge is 0.447 e. The highest BCUT2D eigenvalue weighted by Gasteiger charge is 2.35. The van der Waals surface area contributed by atoms with E-state index in [9.17, 15) is 9.18 Å². The van der Waals surface area contributed by atoms with Gasteiger partial charge in [-0.3, -0.25) is 9.69 Å². The highest BCUT2D eigenvalue weighted by molar-refractivity contribution is 7.99. The zero-order chi connectivity index (χ0) is 20.5. The van der Waals surface area contributed by atoms with Gasteiger partial charge in [-0.15, -0.1) is 10.2 Å². The number of carbonyl (C=O) groups excluding carboxylic acids is 1. The summed E-state index contributed by atoms with van der Waals surface area (Å²) in [6.07, 6.45) is -0.768. The minimum absolute atomic E-state index is 0.222. The van der Waals surface area contributed by atoms with Crippen LogP contribution in [0.15, 0.2) is 47.6 Å². The number of aromatic nitrogens is 3. The van der Waals surface area contributed by atoms with Crippen molar-refractivity contribution < 1.29 is 13.9 Å². The van der Waals surface area contributed by atoms with Crippen LogP contribution in [0.1, 0.15) is 31.2 Å². The van der Waals surface area contributed by atoms with Crippen molar-refractivity contribution in [3.8, 4) is 17.1 Å². The molecule has 0 bridgehead atoms. The van der Waals surface area contributed by atoms with Gasteiger partial charge in [-0.05, 0) is 36.4 Å². The van der Waals surface area contributed by atoms with E-state index in [0.29, 0.717) is 22.1 Å². The molecule has 6 nitrogen and oxygen atoms in total. The molecule has 1 aliphatic heterocycles. The van der Waals surface area contributed by atoms with Gasteiger partial charge in [-0.25, -0.2) is 4.39 Å². The molecule has 0 radical (unpaired) electrons. The molecule has 2 heterocycles. The molecule has 1 atom stereocenters. The Morgan fingerprint density at radius 2 is 2.03 bits per heavy atom. The molecule has 1 unspecified atom stereocenters. The highest BCUT2D eigenvalue weighted by Crippen LogP contribution is 2.44. The van der Waals surface area contributed by atoms with Crippen LogP contribution >= 0.6 is 11.8 Å². The Hall–Kier alpha value is -3.00. The Labute approximate surface area is 172 Å². The van der Waals surface area contributed by atoms with Gasteiger partial charge in [0.15, 0.2) is 5.69 Å². The monoisotopic (exact) mass is 410 g/mol. The number of aryl methyl sites for hydroxylation is 1. The van der Waals surface area contributed by atoms with Crippen molar-refractivity contribution in [2.45, 2.75) is 32.2 Å². The molecular weight excluding hydrogens is 391 g/mol. The van der Waals surface area contributed by atoms with Crippen LogP contribution in [-0.4, -0.2) is 26.8 Å². The van der Waals surface area contributed by atoms with Gasteiger partial charge in [0.05, 0.1) is 5.69 Å². The molecule has 8 heteroatoms. The number of amides is 1. The normalized spacial score (nSPS) is 15.2. The second-order valence-corrected chi connectivity index (χ2v) is 7.79. The zero-order valence-electron chi connectivity index (χ0n) is 16.2. The summed E-state index contributed by atoms with van der Waals surface area (Å²) in [5, 5.41) is 8.86. The van der Waals surface area contributed by atoms with E-state index in [-0.39, 0.29) is 11.8 Å². The van der Waals surface area contributed by atoms with Gasteiger partial charge >= 0.3 is 0 Å². The van der Waals surface area contributed by atoms with Gasteiger partial charge in [0.1, 0.15) is 5.82 Å². The Balaban J connectivity index is 1.99. The first kappa shape index (κ1) is 19.3. The number of benzene rings is 2. The predicted octanol–water partition coefficient (Wildman–Crippen LogP) is 4.54. The quantitative estimate of drug-likeness (QED) is 0.591. The molecule has 1 aromatic heterocycles. The van der Waals surface area contributed by atoms with Gasteiger partial charge < -0.3 is 4.74 Å². The minimum Gasteiger partial charge on any atom is -0.447 e. The molecule has 0 N–H and O–H groups in total. The fraction of sp³-hybridized carbons (Fsp3) is 0.238. The maximum atomic E-state index is 14.1. The number of ether oxygens (including phenoxy) is 1. The number of anilines is 1. The Morgan fingerprint density at radius 3 is 2.76 bits per heavy atom. The van der Waals surface area contributed by atoms with Gasteiger partial charge in [-0.2, -0.15) is 4.98 Å². The SMILES string of the molecule is CCSc1nnc2c(n1)OC(c1ccccc1C)N(C(C)=O)c1ccc(F)cc1-2. The summed E-state index contributed by atoms with van der Waals surface area (Å²) in [6.45, 7) is 5.39. The molecule has 0 saturated heterocycles. The summed E-state index contributed by atoms with van der Waals surface area (Å²) >= 11 is 1.43. The van der Waals surface area contributed by atoms with E-state index in [1.807, 2.05) is 38.1 Å². The van der Waals surface area contributed by atoms with Crippen LogP contribution < -0.4 is 9.64 Å². The van der Waals surface area contributed by atoms with Crippen LogP contribution in [0.4, 0.5) is 10.1 Å². The first-order valence-electron chi connectivity index (χ1n) is 9.19. The standard InChI is InChI=1S/C21H19FN4O2S/c1-4-29-21-23-19-18(24-25-21)16-11-14(22)9-10-17(16)26(13(3)27)20(28-19)15-8-6-5-7-12(15)2/h5-11,20H,4H2,1-3H3. The van der Waals surface area contributed by atoms with Crippen molar-refractivity contribution in [1.29, 1.82) is 0 Å². The van der Waals surface area contributed by atoms with Gasteiger partial charge in [0, 0.05) is 18.1 Å². The van der Waals surface area contributed by atoms with Gasteiger partial charge in [0.25, 0.3) is 0 Å². The van der Waals surface area contributed by atoms with Crippen molar-refractivity contribution in [1.82, 2.24) is 15.2 Å². The lowest BCUT2D eigenvalue weighted by atomic mass is 10.0. The van der Waals surface area contributed by atoms with Crippen molar-refractivity contribution in [3.63, 3.8) is 0 Å². The summed E-state index contributed by atoms with van der Waals surface area (Å²) in [7, 11) is 0. The third-order valence-electron chi connectivity index (χ3n) is 4.63. The van der Waals surface area contributed by atoms with Crippen molar-refractivity contribution in [3.05, 3.63) is 59.4 Å². The van der Waals surface area contributed by atoms with Crippen LogP contribution in [0, 0.1) is 12.7 Å². The number of nitrogens with zero attached hydrogens (tertiary/aromatic N) is 4. The number of fused-ring (bicyclic) bond motifs is 3. The van der Waals surface area contributed by atoms with Crippen molar-refractivity contribution in [2.75, 3.05) is 10.7 Å². The smallest absolute Gasteiger partial charge is 0.247 e. The lowest BCUT2D eigenvalue weighted by molar-refractivity contribution is -0.118. The third kappa shape index (κ3) is 3.55. The maximum Gasteiger partial charge on any atom is 0.247 e. The summed E-state index contributed by atoms with van der Waals surface area (Å²) < 4.78 is 20.4. The predicted molar refractivity (Wildman–Crippen MR) is 109 cm³/mol. The molecule has 0 saturated carbocycles. The number of carbonyl (C=O) groups is 1. The fourth-order valence-electron chi connectivity index (χ4n) is 3.33. The summed E-state index contributed by atoms with van der Waals surface area (Å²) in [6, 6.07) is 11.9. The van der Waals surface area contributed by atoms with E-state index in [0.717, 1.165) is 16.9 Å². The number of rotatable bonds is 3. The lowest BCUT2D eigenvalue weighted by Crippen LogP contribution is -2.36. The van der Waals surface area contributed by atoms with Crippen molar-refractivity contribution >= 4 is 23.4 Å². The molecule has 0 spiro atoms. The Bertz CT molecular complexity index is 1090. The van der Waals surface area contributed by atoms with Crippen LogP contribution in [0.2, 0.25) is 0 Å². The van der Waals surface area contributed by atoms with E-state index >= 15 is 0 Å². The average molecular weight is 410 g/mol. The van der Waals surface area contributed by atoms with Crippen LogP contribution in [-0.2, 0) is 4.79 Å². The molecule has 1 amide bonds. The Morgan fingerprint density at radius 1 is 1.24 bits per heavy atom. The number of halogens is 1. The van der Waals surface area contributed by atoms with Crippen LogP contribution in [0.3, 0.4) is 0 Å². The lowest BCUT2D eigenvalue weighted by Gasteiger charge is -2.30. The molecule has 2 aromatic carbocycles. The van der Waals surface area contributed by atoms with Crippen LogP contribution in [0.25, 0.3) is 11.3 Å². The molecule has 1 aliphatic rings. The third-order valence-corrected chi connectivity index (χ3v) is 5.35. The summed E-state index contributed by atoms with van der Waals surface area (Å²) in [5.74, 6) is 0.308. The van der Waals surface area contributed by atoms with Crippen LogP contribution in [0.5, 0.6) is 5.88 Å².